The molecule has 0 bridgehead atoms. The summed E-state index contributed by atoms with van der Waals surface area (Å²) in [4.78, 5) is 4.36. The average molecular weight is 250 g/mol. The normalized spacial score (nSPS) is 12.8. The summed E-state index contributed by atoms with van der Waals surface area (Å²) < 4.78 is 12.1. The summed E-state index contributed by atoms with van der Waals surface area (Å²) in [5, 5.41) is 7.48. The van der Waals surface area contributed by atoms with E-state index in [1.807, 2.05) is 25.3 Å². The highest BCUT2D eigenvalue weighted by Gasteiger charge is 2.08. The predicted octanol–water partition coefficient (Wildman–Crippen LogP) is 1.11. The van der Waals surface area contributed by atoms with Gasteiger partial charge in [-0.1, -0.05) is 6.07 Å². The Balaban J connectivity index is 2.03. The molecule has 2 aromatic rings. The number of hydrogen-bond donors (Lipinski definition) is 1. The zero-order valence-corrected chi connectivity index (χ0v) is 10.9. The highest BCUT2D eigenvalue weighted by molar-refractivity contribution is 5.44. The second-order valence-electron chi connectivity index (χ2n) is 4.14. The van der Waals surface area contributed by atoms with Crippen molar-refractivity contribution in [1.29, 1.82) is 0 Å². The number of pyridine rings is 1. The lowest BCUT2D eigenvalue weighted by atomic mass is 10.3. The highest BCUT2D eigenvalue weighted by Crippen LogP contribution is 2.07. The van der Waals surface area contributed by atoms with E-state index in [-0.39, 0.29) is 6.10 Å². The van der Waals surface area contributed by atoms with Gasteiger partial charge in [-0.2, -0.15) is 4.98 Å². The SMILES string of the molecule is COCC(CNc1nc2ccc(C)cn2n1)OC. The lowest BCUT2D eigenvalue weighted by Gasteiger charge is -2.13. The average Bonchev–Trinajstić information content (AvgIpc) is 2.76. The molecule has 1 atom stereocenters. The van der Waals surface area contributed by atoms with E-state index in [2.05, 4.69) is 15.4 Å². The highest BCUT2D eigenvalue weighted by atomic mass is 16.5. The van der Waals surface area contributed by atoms with Crippen LogP contribution in [0.1, 0.15) is 5.56 Å². The number of aryl methyl sites for hydroxylation is 1. The van der Waals surface area contributed by atoms with Crippen molar-refractivity contribution in [2.75, 3.05) is 32.7 Å². The summed E-state index contributed by atoms with van der Waals surface area (Å²) in [7, 11) is 3.31. The minimum Gasteiger partial charge on any atom is -0.382 e. The Morgan fingerprint density at radius 1 is 1.39 bits per heavy atom. The fourth-order valence-electron chi connectivity index (χ4n) is 1.66. The Morgan fingerprint density at radius 3 is 2.94 bits per heavy atom. The zero-order chi connectivity index (χ0) is 13.0. The molecule has 0 aliphatic rings. The van der Waals surface area contributed by atoms with Gasteiger partial charge in [0.25, 0.3) is 0 Å². The van der Waals surface area contributed by atoms with E-state index in [1.54, 1.807) is 18.7 Å². The summed E-state index contributed by atoms with van der Waals surface area (Å²) in [6.07, 6.45) is 1.93. The molecule has 6 heteroatoms. The van der Waals surface area contributed by atoms with E-state index in [0.29, 0.717) is 19.1 Å². The molecule has 6 nitrogen and oxygen atoms in total. The van der Waals surface area contributed by atoms with Gasteiger partial charge in [0, 0.05) is 27.0 Å². The van der Waals surface area contributed by atoms with Crippen LogP contribution in [-0.2, 0) is 9.47 Å². The second kappa shape index (κ2) is 5.79. The van der Waals surface area contributed by atoms with Crippen LogP contribution < -0.4 is 5.32 Å². The van der Waals surface area contributed by atoms with Crippen LogP contribution in [0.15, 0.2) is 18.3 Å². The van der Waals surface area contributed by atoms with Crippen LogP contribution >= 0.6 is 0 Å². The molecule has 0 fully saturated rings. The first-order valence-electron chi connectivity index (χ1n) is 5.81. The van der Waals surface area contributed by atoms with Gasteiger partial charge in [0.2, 0.25) is 5.95 Å². The molecule has 2 heterocycles. The summed E-state index contributed by atoms with van der Waals surface area (Å²) >= 11 is 0. The third kappa shape index (κ3) is 2.96. The predicted molar refractivity (Wildman–Crippen MR) is 68.9 cm³/mol. The first kappa shape index (κ1) is 12.8. The van der Waals surface area contributed by atoms with Crippen molar-refractivity contribution in [3.63, 3.8) is 0 Å². The molecule has 0 saturated carbocycles. The number of nitrogens with zero attached hydrogens (tertiary/aromatic N) is 3. The number of nitrogens with one attached hydrogen (secondary N) is 1. The smallest absolute Gasteiger partial charge is 0.243 e. The molecule has 0 spiro atoms. The number of methoxy groups -OCH3 is 2. The molecule has 0 amide bonds. The Morgan fingerprint density at radius 2 is 2.22 bits per heavy atom. The second-order valence-corrected chi connectivity index (χ2v) is 4.14. The molecule has 0 radical (unpaired) electrons. The van der Waals surface area contributed by atoms with Crippen LogP contribution in [0, 0.1) is 6.92 Å². The minimum absolute atomic E-state index is 0.0108. The largest absolute Gasteiger partial charge is 0.382 e. The van der Waals surface area contributed by atoms with E-state index in [9.17, 15) is 0 Å². The lowest BCUT2D eigenvalue weighted by Crippen LogP contribution is -2.26. The molecule has 18 heavy (non-hydrogen) atoms. The van der Waals surface area contributed by atoms with Gasteiger partial charge in [0.1, 0.15) is 0 Å². The molecule has 0 aliphatic carbocycles. The van der Waals surface area contributed by atoms with Gasteiger partial charge in [-0.15, -0.1) is 5.10 Å². The first-order valence-corrected chi connectivity index (χ1v) is 5.81. The maximum absolute atomic E-state index is 5.26. The summed E-state index contributed by atoms with van der Waals surface area (Å²) in [6, 6.07) is 3.95. The molecular weight excluding hydrogens is 232 g/mol. The van der Waals surface area contributed by atoms with Gasteiger partial charge in [-0.25, -0.2) is 4.52 Å². The third-order valence-corrected chi connectivity index (χ3v) is 2.65. The van der Waals surface area contributed by atoms with Crippen LogP contribution in [0.25, 0.3) is 5.65 Å². The van der Waals surface area contributed by atoms with E-state index in [0.717, 1.165) is 11.2 Å². The summed E-state index contributed by atoms with van der Waals surface area (Å²) in [5.74, 6) is 0.596. The van der Waals surface area contributed by atoms with Crippen LogP contribution in [0.5, 0.6) is 0 Å². The van der Waals surface area contributed by atoms with Crippen molar-refractivity contribution in [2.24, 2.45) is 0 Å². The van der Waals surface area contributed by atoms with Crippen molar-refractivity contribution in [3.05, 3.63) is 23.9 Å². The number of rotatable bonds is 6. The van der Waals surface area contributed by atoms with Crippen LogP contribution in [0.4, 0.5) is 5.95 Å². The monoisotopic (exact) mass is 250 g/mol. The number of hydrogen-bond acceptors (Lipinski definition) is 5. The molecule has 1 unspecified atom stereocenters. The molecule has 0 aliphatic heterocycles. The molecule has 2 rings (SSSR count). The van der Waals surface area contributed by atoms with Gasteiger partial charge in [0.05, 0.1) is 12.7 Å². The fraction of sp³-hybridized carbons (Fsp3) is 0.500. The van der Waals surface area contributed by atoms with Gasteiger partial charge in [0.15, 0.2) is 5.65 Å². The molecule has 0 saturated heterocycles. The topological polar surface area (TPSA) is 60.7 Å². The van der Waals surface area contributed by atoms with E-state index in [1.165, 1.54) is 0 Å². The van der Waals surface area contributed by atoms with Crippen molar-refractivity contribution >= 4 is 11.6 Å². The lowest BCUT2D eigenvalue weighted by molar-refractivity contribution is 0.0365. The molecule has 2 aromatic heterocycles. The summed E-state index contributed by atoms with van der Waals surface area (Å²) in [6.45, 7) is 3.17. The maximum atomic E-state index is 5.26. The summed E-state index contributed by atoms with van der Waals surface area (Å²) in [5.41, 5.74) is 1.97. The number of ether oxygens (including phenoxy) is 2. The minimum atomic E-state index is -0.0108. The van der Waals surface area contributed by atoms with Crippen LogP contribution in [0.3, 0.4) is 0 Å². The van der Waals surface area contributed by atoms with Crippen molar-refractivity contribution in [1.82, 2.24) is 14.6 Å². The first-order chi connectivity index (χ1) is 8.72. The van der Waals surface area contributed by atoms with Gasteiger partial charge in [-0.3, -0.25) is 0 Å². The maximum Gasteiger partial charge on any atom is 0.243 e. The molecule has 98 valence electrons. The zero-order valence-electron chi connectivity index (χ0n) is 10.9. The van der Waals surface area contributed by atoms with Gasteiger partial charge < -0.3 is 14.8 Å². The van der Waals surface area contributed by atoms with Crippen LogP contribution in [0.2, 0.25) is 0 Å². The Kier molecular flexibility index (Phi) is 4.11. The molecule has 0 aromatic carbocycles. The van der Waals surface area contributed by atoms with Crippen LogP contribution in [-0.4, -0.2) is 48.1 Å². The fourth-order valence-corrected chi connectivity index (χ4v) is 1.66. The Bertz CT molecular complexity index is 512. The van der Waals surface area contributed by atoms with Crippen molar-refractivity contribution in [2.45, 2.75) is 13.0 Å². The Labute approximate surface area is 106 Å². The van der Waals surface area contributed by atoms with E-state index >= 15 is 0 Å². The quantitative estimate of drug-likeness (QED) is 0.832. The molecular formula is C12H18N4O2. The van der Waals surface area contributed by atoms with E-state index in [4.69, 9.17) is 9.47 Å². The number of aromatic nitrogens is 3. The van der Waals surface area contributed by atoms with Crippen molar-refractivity contribution in [3.8, 4) is 0 Å². The molecule has 1 N–H and O–H groups in total. The van der Waals surface area contributed by atoms with Gasteiger partial charge in [-0.05, 0) is 18.6 Å². The standard InChI is InChI=1S/C12H18N4O2/c1-9-4-5-11-14-12(15-16(11)7-9)13-6-10(18-3)8-17-2/h4-5,7,10H,6,8H2,1-3H3,(H,13,15). The number of anilines is 1. The third-order valence-electron chi connectivity index (χ3n) is 2.65. The Hall–Kier alpha value is -1.66. The van der Waals surface area contributed by atoms with Gasteiger partial charge >= 0.3 is 0 Å². The van der Waals surface area contributed by atoms with Crippen molar-refractivity contribution < 1.29 is 9.47 Å². The van der Waals surface area contributed by atoms with E-state index < -0.39 is 0 Å². The number of fused-ring (bicyclic) bond motifs is 1.